The van der Waals surface area contributed by atoms with Crippen LogP contribution in [0, 0.1) is 6.92 Å². The smallest absolute Gasteiger partial charge is 0.244 e. The summed E-state index contributed by atoms with van der Waals surface area (Å²) in [6.45, 7) is 2.77. The van der Waals surface area contributed by atoms with Gasteiger partial charge in [-0.3, -0.25) is 0 Å². The van der Waals surface area contributed by atoms with Crippen LogP contribution < -0.4 is 5.73 Å². The first-order valence-electron chi connectivity index (χ1n) is 6.95. The van der Waals surface area contributed by atoms with Crippen LogP contribution in [0.3, 0.4) is 0 Å². The highest BCUT2D eigenvalue weighted by atomic mass is 79.9. The lowest BCUT2D eigenvalue weighted by molar-refractivity contribution is 0.413. The van der Waals surface area contributed by atoms with E-state index in [4.69, 9.17) is 5.73 Å². The van der Waals surface area contributed by atoms with E-state index < -0.39 is 10.0 Å². The molecular weight excluding hydrogens is 364 g/mol. The Morgan fingerprint density at radius 2 is 1.82 bits per heavy atom. The van der Waals surface area contributed by atoms with Crippen molar-refractivity contribution >= 4 is 26.0 Å². The van der Waals surface area contributed by atoms with Gasteiger partial charge < -0.3 is 5.73 Å². The van der Waals surface area contributed by atoms with E-state index in [1.165, 1.54) is 4.31 Å². The van der Waals surface area contributed by atoms with Gasteiger partial charge in [-0.05, 0) is 46.1 Å². The van der Waals surface area contributed by atoms with E-state index in [0.29, 0.717) is 11.0 Å². The number of rotatable bonds is 6. The third-order valence-corrected chi connectivity index (χ3v) is 6.11. The molecule has 2 aromatic rings. The summed E-state index contributed by atoms with van der Waals surface area (Å²) >= 11 is 3.35. The third-order valence-electron chi connectivity index (χ3n) is 3.29. The molecule has 0 atom stereocenters. The average Bonchev–Trinajstić information content (AvgIpc) is 2.47. The molecule has 0 aliphatic rings. The minimum absolute atomic E-state index is 0.266. The maximum absolute atomic E-state index is 12.9. The van der Waals surface area contributed by atoms with Gasteiger partial charge in [0, 0.05) is 24.1 Å². The number of hydrogen-bond donors (Lipinski definition) is 1. The first-order chi connectivity index (χ1) is 10.4. The van der Waals surface area contributed by atoms with Crippen molar-refractivity contribution in [1.29, 1.82) is 0 Å². The van der Waals surface area contributed by atoms with Crippen LogP contribution in [0.5, 0.6) is 0 Å². The molecule has 118 valence electrons. The zero-order valence-corrected chi connectivity index (χ0v) is 14.8. The van der Waals surface area contributed by atoms with Gasteiger partial charge in [-0.15, -0.1) is 0 Å². The highest BCUT2D eigenvalue weighted by molar-refractivity contribution is 9.10. The van der Waals surface area contributed by atoms with Gasteiger partial charge in [0.25, 0.3) is 0 Å². The minimum atomic E-state index is -3.60. The Labute approximate surface area is 140 Å². The molecule has 0 aromatic heterocycles. The molecule has 2 N–H and O–H groups in total. The van der Waals surface area contributed by atoms with Crippen molar-refractivity contribution in [1.82, 2.24) is 4.31 Å². The van der Waals surface area contributed by atoms with Crippen LogP contribution in [0.2, 0.25) is 0 Å². The van der Waals surface area contributed by atoms with Crippen molar-refractivity contribution in [3.05, 3.63) is 64.1 Å². The maximum Gasteiger partial charge on any atom is 0.244 e. The normalized spacial score (nSPS) is 11.8. The Kier molecular flexibility index (Phi) is 5.74. The molecule has 0 heterocycles. The molecule has 0 saturated heterocycles. The van der Waals surface area contributed by atoms with Crippen molar-refractivity contribution in [3.63, 3.8) is 0 Å². The van der Waals surface area contributed by atoms with Crippen LogP contribution in [0.25, 0.3) is 0 Å². The predicted molar refractivity (Wildman–Crippen MR) is 92.0 cm³/mol. The quantitative estimate of drug-likeness (QED) is 0.834. The van der Waals surface area contributed by atoms with E-state index in [-0.39, 0.29) is 18.0 Å². The number of sulfonamides is 1. The summed E-state index contributed by atoms with van der Waals surface area (Å²) in [6, 6.07) is 14.7. The summed E-state index contributed by atoms with van der Waals surface area (Å²) in [4.78, 5) is 0.266. The van der Waals surface area contributed by atoms with E-state index in [1.54, 1.807) is 18.2 Å². The predicted octanol–water partition coefficient (Wildman–Crippen LogP) is 2.91. The standard InChI is InChI=1S/C16H19BrN2O2S/c1-13-7-8-16(15(17)11-13)22(20,21)19(10-9-18)12-14-5-3-2-4-6-14/h2-8,11H,9-10,12,18H2,1H3. The first kappa shape index (κ1) is 17.1. The molecule has 0 spiro atoms. The average molecular weight is 383 g/mol. The first-order valence-corrected chi connectivity index (χ1v) is 9.19. The number of aryl methyl sites for hydroxylation is 1. The van der Waals surface area contributed by atoms with E-state index >= 15 is 0 Å². The Bertz CT molecular complexity index is 733. The monoisotopic (exact) mass is 382 g/mol. The van der Waals surface area contributed by atoms with Crippen LogP contribution in [-0.2, 0) is 16.6 Å². The second kappa shape index (κ2) is 7.37. The Balaban J connectivity index is 2.37. The van der Waals surface area contributed by atoms with Gasteiger partial charge in [0.05, 0.1) is 4.90 Å². The fourth-order valence-electron chi connectivity index (χ4n) is 2.17. The molecule has 0 saturated carbocycles. The molecular formula is C16H19BrN2O2S. The van der Waals surface area contributed by atoms with Gasteiger partial charge in [0.15, 0.2) is 0 Å². The lowest BCUT2D eigenvalue weighted by Gasteiger charge is -2.22. The van der Waals surface area contributed by atoms with Crippen molar-refractivity contribution in [2.45, 2.75) is 18.4 Å². The molecule has 2 aromatic carbocycles. The Morgan fingerprint density at radius 1 is 1.14 bits per heavy atom. The number of hydrogen-bond acceptors (Lipinski definition) is 3. The Morgan fingerprint density at radius 3 is 2.41 bits per heavy atom. The van der Waals surface area contributed by atoms with Crippen molar-refractivity contribution in [2.24, 2.45) is 5.73 Å². The number of benzene rings is 2. The lowest BCUT2D eigenvalue weighted by atomic mass is 10.2. The topological polar surface area (TPSA) is 63.4 Å². The van der Waals surface area contributed by atoms with Crippen molar-refractivity contribution in [3.8, 4) is 0 Å². The molecule has 0 unspecified atom stereocenters. The van der Waals surface area contributed by atoms with Crippen LogP contribution in [-0.4, -0.2) is 25.8 Å². The van der Waals surface area contributed by atoms with Gasteiger partial charge in [-0.25, -0.2) is 8.42 Å². The third kappa shape index (κ3) is 3.95. The number of nitrogens with zero attached hydrogens (tertiary/aromatic N) is 1. The molecule has 0 bridgehead atoms. The van der Waals surface area contributed by atoms with E-state index in [0.717, 1.165) is 11.1 Å². The zero-order chi connectivity index (χ0) is 16.2. The number of halogens is 1. The Hall–Kier alpha value is -1.21. The van der Waals surface area contributed by atoms with Gasteiger partial charge in [0.1, 0.15) is 0 Å². The summed E-state index contributed by atoms with van der Waals surface area (Å²) in [5.41, 5.74) is 7.53. The zero-order valence-electron chi connectivity index (χ0n) is 12.4. The molecule has 6 heteroatoms. The van der Waals surface area contributed by atoms with Crippen molar-refractivity contribution in [2.75, 3.05) is 13.1 Å². The maximum atomic E-state index is 12.9. The SMILES string of the molecule is Cc1ccc(S(=O)(=O)N(CCN)Cc2ccccc2)c(Br)c1. The minimum Gasteiger partial charge on any atom is -0.329 e. The summed E-state index contributed by atoms with van der Waals surface area (Å²) in [6.07, 6.45) is 0. The highest BCUT2D eigenvalue weighted by Gasteiger charge is 2.26. The second-order valence-corrected chi connectivity index (χ2v) is 7.81. The molecule has 22 heavy (non-hydrogen) atoms. The summed E-state index contributed by atoms with van der Waals surface area (Å²) in [5, 5.41) is 0. The van der Waals surface area contributed by atoms with Crippen LogP contribution in [0.1, 0.15) is 11.1 Å². The largest absolute Gasteiger partial charge is 0.329 e. The molecule has 0 aliphatic heterocycles. The fourth-order valence-corrected chi connectivity index (χ4v) is 4.76. The molecule has 0 aliphatic carbocycles. The van der Waals surface area contributed by atoms with Gasteiger partial charge >= 0.3 is 0 Å². The molecule has 0 amide bonds. The second-order valence-electron chi connectivity index (χ2n) is 5.05. The summed E-state index contributed by atoms with van der Waals surface area (Å²) in [5.74, 6) is 0. The summed E-state index contributed by atoms with van der Waals surface area (Å²) in [7, 11) is -3.60. The molecule has 0 fully saturated rings. The van der Waals surface area contributed by atoms with Crippen molar-refractivity contribution < 1.29 is 8.42 Å². The fraction of sp³-hybridized carbons (Fsp3) is 0.250. The van der Waals surface area contributed by atoms with Crippen LogP contribution in [0.15, 0.2) is 57.9 Å². The lowest BCUT2D eigenvalue weighted by Crippen LogP contribution is -2.35. The van der Waals surface area contributed by atoms with Gasteiger partial charge in [0.2, 0.25) is 10.0 Å². The molecule has 4 nitrogen and oxygen atoms in total. The molecule has 0 radical (unpaired) electrons. The van der Waals surface area contributed by atoms with Gasteiger partial charge in [-0.2, -0.15) is 4.31 Å². The summed E-state index contributed by atoms with van der Waals surface area (Å²) < 4.78 is 27.8. The van der Waals surface area contributed by atoms with Crippen LogP contribution in [0.4, 0.5) is 0 Å². The highest BCUT2D eigenvalue weighted by Crippen LogP contribution is 2.27. The van der Waals surface area contributed by atoms with E-state index in [2.05, 4.69) is 15.9 Å². The number of nitrogens with two attached hydrogens (primary N) is 1. The van der Waals surface area contributed by atoms with E-state index in [1.807, 2.05) is 37.3 Å². The van der Waals surface area contributed by atoms with E-state index in [9.17, 15) is 8.42 Å². The van der Waals surface area contributed by atoms with Gasteiger partial charge in [-0.1, -0.05) is 36.4 Å². The molecule has 2 rings (SSSR count). The van der Waals surface area contributed by atoms with Crippen LogP contribution >= 0.6 is 15.9 Å².